The Bertz CT molecular complexity index is 1740. The van der Waals surface area contributed by atoms with Crippen LogP contribution in [0.2, 0.25) is 0 Å². The average Bonchev–Trinajstić information content (AvgIpc) is 2.98. The normalized spacial score (nSPS) is 10.9. The van der Waals surface area contributed by atoms with Gasteiger partial charge in [-0.25, -0.2) is 9.97 Å². The van der Waals surface area contributed by atoms with E-state index in [1.54, 1.807) is 0 Å². The van der Waals surface area contributed by atoms with Crippen molar-refractivity contribution in [3.8, 4) is 28.4 Å². The molecular weight excluding hydrogens is 499 g/mol. The van der Waals surface area contributed by atoms with E-state index in [-0.39, 0.29) is 0 Å². The minimum Gasteiger partial charge on any atom is -0.577 e. The van der Waals surface area contributed by atoms with E-state index in [0.29, 0.717) is 17.2 Å². The quantitative estimate of drug-likeness (QED) is 0.189. The summed E-state index contributed by atoms with van der Waals surface area (Å²) in [5.74, 6) is 1.96. The predicted molar refractivity (Wildman–Crippen MR) is 157 cm³/mol. The van der Waals surface area contributed by atoms with Gasteiger partial charge in [-0.1, -0.05) is 85.8 Å². The van der Waals surface area contributed by atoms with Crippen LogP contribution in [0.15, 0.2) is 115 Å². The number of rotatable bonds is 8. The maximum absolute atomic E-state index is 6.53. The molecule has 2 aromatic heterocycles. The lowest BCUT2D eigenvalue weighted by molar-refractivity contribution is 0.310. The van der Waals surface area contributed by atoms with Gasteiger partial charge in [0.1, 0.15) is 22.5 Å². The van der Waals surface area contributed by atoms with E-state index in [1.165, 1.54) is 0 Å². The molecule has 0 unspecified atom stereocenters. The fourth-order valence-corrected chi connectivity index (χ4v) is 5.83. The van der Waals surface area contributed by atoms with Crippen LogP contribution in [0.1, 0.15) is 18.3 Å². The third kappa shape index (κ3) is 5.58. The summed E-state index contributed by atoms with van der Waals surface area (Å²) in [7, 11) is 0. The van der Waals surface area contributed by atoms with Crippen LogP contribution in [-0.2, 0) is 6.42 Å². The molecule has 0 saturated heterocycles. The van der Waals surface area contributed by atoms with E-state index in [2.05, 4.69) is 25.1 Å². The lowest BCUT2D eigenvalue weighted by atomic mass is 10.1. The summed E-state index contributed by atoms with van der Waals surface area (Å²) in [6.07, 6.45) is 0.840. The summed E-state index contributed by atoms with van der Waals surface area (Å²) < 4.78 is 19.5. The van der Waals surface area contributed by atoms with E-state index < -0.39 is 15.1 Å². The summed E-state index contributed by atoms with van der Waals surface area (Å²) in [6.45, 7) is 4.07. The van der Waals surface area contributed by atoms with Gasteiger partial charge >= 0.3 is 15.1 Å². The van der Waals surface area contributed by atoms with Crippen molar-refractivity contribution in [2.75, 3.05) is 0 Å². The molecule has 6 rings (SSSR count). The highest BCUT2D eigenvalue weighted by Gasteiger charge is 2.45. The largest absolute Gasteiger partial charge is 1.20 e. The number of pyridine rings is 2. The molecule has 0 N–H and O–H groups in total. The first-order valence-corrected chi connectivity index (χ1v) is 14.5. The highest BCUT2D eigenvalue weighted by atomic mass is 27.3. The summed E-state index contributed by atoms with van der Waals surface area (Å²) in [5, 5.41) is 2.00. The van der Waals surface area contributed by atoms with E-state index in [1.807, 2.05) is 104 Å². The molecule has 0 aliphatic heterocycles. The molecule has 0 fully saturated rings. The van der Waals surface area contributed by atoms with E-state index in [0.717, 1.165) is 50.7 Å². The zero-order valence-electron chi connectivity index (χ0n) is 21.9. The maximum atomic E-state index is 6.53. The standard InChI is InChI=1S/C12H10O.C11H11NO.C10H9NO.Al/c13-12-8-6-11(7-9-12)10-4-2-1-3-5-10;1-2-9-7-6-8-4-3-5-10(13)11(8)12-9;1-7-5-6-8-3-2-4-9(12)10(8)11-7;/h1-9,13H;3-7,13H,2H2,1H3;2-6,12H,1H3;/q;;;+3/p-3. The van der Waals surface area contributed by atoms with Crippen molar-refractivity contribution in [2.45, 2.75) is 20.3 Å². The number of hydrogen-bond acceptors (Lipinski definition) is 5. The Morgan fingerprint density at radius 2 is 1.18 bits per heavy atom. The summed E-state index contributed by atoms with van der Waals surface area (Å²) >= 11 is -2.84. The molecule has 0 atom stereocenters. The molecule has 0 saturated carbocycles. The van der Waals surface area contributed by atoms with Crippen molar-refractivity contribution in [1.29, 1.82) is 0 Å². The molecule has 6 aromatic rings. The van der Waals surface area contributed by atoms with Crippen LogP contribution in [-0.4, -0.2) is 25.1 Å². The molecule has 39 heavy (non-hydrogen) atoms. The van der Waals surface area contributed by atoms with Crippen molar-refractivity contribution in [3.05, 3.63) is 127 Å². The molecule has 4 aromatic carbocycles. The molecule has 2 heterocycles. The number of hydrogen-bond donors (Lipinski definition) is 0. The third-order valence-corrected chi connectivity index (χ3v) is 7.92. The SMILES string of the molecule is CCc1ccc2cccc([O][Al]([O]c3ccc(-c4ccccc4)cc3)[O]c3cccc4ccc(C)nc34)c2n1. The van der Waals surface area contributed by atoms with Crippen molar-refractivity contribution < 1.29 is 11.4 Å². The molecule has 6 heteroatoms. The first-order chi connectivity index (χ1) is 19.2. The van der Waals surface area contributed by atoms with Crippen LogP contribution in [0.25, 0.3) is 32.9 Å². The van der Waals surface area contributed by atoms with Crippen LogP contribution in [0, 0.1) is 6.92 Å². The topological polar surface area (TPSA) is 53.5 Å². The maximum Gasteiger partial charge on any atom is 1.20 e. The molecule has 0 aliphatic rings. The third-order valence-electron chi connectivity index (χ3n) is 6.57. The zero-order valence-corrected chi connectivity index (χ0v) is 23.0. The van der Waals surface area contributed by atoms with Crippen LogP contribution in [0.3, 0.4) is 0 Å². The minimum atomic E-state index is -2.84. The second-order valence-electron chi connectivity index (χ2n) is 9.30. The van der Waals surface area contributed by atoms with Crippen molar-refractivity contribution in [2.24, 2.45) is 0 Å². The highest BCUT2D eigenvalue weighted by molar-refractivity contribution is 6.40. The molecule has 0 aliphatic carbocycles. The van der Waals surface area contributed by atoms with Gasteiger partial charge in [-0.2, -0.15) is 0 Å². The molecule has 5 nitrogen and oxygen atoms in total. The molecule has 0 spiro atoms. The predicted octanol–water partition coefficient (Wildman–Crippen LogP) is 7.84. The Morgan fingerprint density at radius 1 is 0.564 bits per heavy atom. The number of benzene rings is 4. The number of nitrogens with zero attached hydrogens (tertiary/aromatic N) is 2. The van der Waals surface area contributed by atoms with Crippen LogP contribution in [0.5, 0.6) is 17.2 Å². The van der Waals surface area contributed by atoms with Gasteiger partial charge in [0, 0.05) is 22.2 Å². The highest BCUT2D eigenvalue weighted by Crippen LogP contribution is 2.29. The van der Waals surface area contributed by atoms with Gasteiger partial charge in [-0.15, -0.1) is 0 Å². The van der Waals surface area contributed by atoms with Gasteiger partial charge in [0.2, 0.25) is 0 Å². The first-order valence-electron chi connectivity index (χ1n) is 13.1. The van der Waals surface area contributed by atoms with Gasteiger partial charge in [0.25, 0.3) is 0 Å². The minimum absolute atomic E-state index is 0.635. The number of aryl methyl sites for hydroxylation is 2. The Morgan fingerprint density at radius 3 is 1.85 bits per heavy atom. The average molecular weight is 527 g/mol. The smallest absolute Gasteiger partial charge is 0.577 e. The number of para-hydroxylation sites is 2. The molecule has 0 amide bonds. The first kappa shape index (κ1) is 24.9. The van der Waals surface area contributed by atoms with Gasteiger partial charge in [0.05, 0.1) is 5.75 Å². The number of fused-ring (bicyclic) bond motifs is 2. The van der Waals surface area contributed by atoms with Crippen LogP contribution in [0.4, 0.5) is 0 Å². The van der Waals surface area contributed by atoms with Crippen molar-refractivity contribution >= 4 is 37.0 Å². The Balaban J connectivity index is 1.36. The summed E-state index contributed by atoms with van der Waals surface area (Å²) in [5.41, 5.74) is 5.77. The summed E-state index contributed by atoms with van der Waals surface area (Å²) in [6, 6.07) is 38.3. The molecule has 0 bridgehead atoms. The molecule has 190 valence electrons. The molecule has 0 radical (unpaired) electrons. The fraction of sp³-hybridized carbons (Fsp3) is 0.0909. The zero-order chi connectivity index (χ0) is 26.6. The van der Waals surface area contributed by atoms with Gasteiger partial charge in [-0.05, 0) is 60.9 Å². The Labute approximate surface area is 233 Å². The van der Waals surface area contributed by atoms with Gasteiger partial charge in [-0.3, -0.25) is 0 Å². The lowest BCUT2D eigenvalue weighted by Gasteiger charge is -2.18. The fourth-order valence-electron chi connectivity index (χ4n) is 4.51. The van der Waals surface area contributed by atoms with E-state index >= 15 is 0 Å². The Hall–Kier alpha value is -4.37. The van der Waals surface area contributed by atoms with E-state index in [4.69, 9.17) is 21.3 Å². The van der Waals surface area contributed by atoms with Crippen LogP contribution < -0.4 is 11.4 Å². The van der Waals surface area contributed by atoms with Crippen molar-refractivity contribution in [1.82, 2.24) is 9.97 Å². The van der Waals surface area contributed by atoms with E-state index in [9.17, 15) is 0 Å². The van der Waals surface area contributed by atoms with Crippen molar-refractivity contribution in [3.63, 3.8) is 0 Å². The summed E-state index contributed by atoms with van der Waals surface area (Å²) in [4.78, 5) is 9.58. The Kier molecular flexibility index (Phi) is 7.14. The second kappa shape index (κ2) is 11.2. The van der Waals surface area contributed by atoms with Gasteiger partial charge in [0.15, 0.2) is 0 Å². The second-order valence-corrected chi connectivity index (χ2v) is 10.6. The lowest BCUT2D eigenvalue weighted by Crippen LogP contribution is -2.37. The number of aromatic nitrogens is 2. The monoisotopic (exact) mass is 526 g/mol. The van der Waals surface area contributed by atoms with Gasteiger partial charge < -0.3 is 11.4 Å². The molecular formula is C33H27AlN2O3. The van der Waals surface area contributed by atoms with Crippen LogP contribution >= 0.6 is 0 Å².